The van der Waals surface area contributed by atoms with Crippen LogP contribution in [-0.2, 0) is 16.2 Å². The van der Waals surface area contributed by atoms with E-state index in [2.05, 4.69) is 10.3 Å². The molecule has 1 saturated heterocycles. The highest BCUT2D eigenvalue weighted by Gasteiger charge is 2.34. The van der Waals surface area contributed by atoms with E-state index in [1.54, 1.807) is 4.90 Å². The first kappa shape index (κ1) is 21.1. The van der Waals surface area contributed by atoms with Crippen LogP contribution in [0.25, 0.3) is 0 Å². The highest BCUT2D eigenvalue weighted by atomic mass is 32.2. The number of aromatic nitrogens is 1. The molecule has 1 N–H and O–H groups in total. The second-order valence-corrected chi connectivity index (χ2v) is 8.94. The third kappa shape index (κ3) is 4.51. The predicted octanol–water partition coefficient (Wildman–Crippen LogP) is 1.97. The molecule has 11 heteroatoms. The zero-order valence-corrected chi connectivity index (χ0v) is 16.5. The summed E-state index contributed by atoms with van der Waals surface area (Å²) in [5.74, 6) is -0.191. The summed E-state index contributed by atoms with van der Waals surface area (Å²) in [4.78, 5) is 18.0. The topological polar surface area (TPSA) is 82.6 Å². The van der Waals surface area contributed by atoms with Crippen molar-refractivity contribution in [3.05, 3.63) is 53.7 Å². The first-order chi connectivity index (χ1) is 13.5. The van der Waals surface area contributed by atoms with Crippen LogP contribution in [0.15, 0.2) is 47.5 Å². The van der Waals surface area contributed by atoms with E-state index in [-0.39, 0.29) is 22.7 Å². The molecule has 1 aromatic heterocycles. The van der Waals surface area contributed by atoms with E-state index in [9.17, 15) is 26.4 Å². The Morgan fingerprint density at radius 3 is 2.34 bits per heavy atom. The van der Waals surface area contributed by atoms with E-state index in [0.29, 0.717) is 18.7 Å². The van der Waals surface area contributed by atoms with Gasteiger partial charge < -0.3 is 10.2 Å². The third-order valence-electron chi connectivity index (χ3n) is 4.51. The number of anilines is 1. The number of alkyl halides is 3. The maximum Gasteiger partial charge on any atom is 0.416 e. The molecule has 3 rings (SSSR count). The molecule has 1 aromatic carbocycles. The van der Waals surface area contributed by atoms with Crippen molar-refractivity contribution in [2.24, 2.45) is 0 Å². The lowest BCUT2D eigenvalue weighted by atomic mass is 10.1. The lowest BCUT2D eigenvalue weighted by molar-refractivity contribution is -0.137. The molecule has 0 unspecified atom stereocenters. The van der Waals surface area contributed by atoms with Crippen LogP contribution in [0.5, 0.6) is 0 Å². The average Bonchev–Trinajstić information content (AvgIpc) is 2.63. The summed E-state index contributed by atoms with van der Waals surface area (Å²) in [5, 5.41) is 2.77. The Hall–Kier alpha value is -2.66. The van der Waals surface area contributed by atoms with Crippen LogP contribution < -0.4 is 10.2 Å². The van der Waals surface area contributed by atoms with Gasteiger partial charge in [-0.3, -0.25) is 4.79 Å². The number of halogens is 3. The second kappa shape index (κ2) is 7.64. The van der Waals surface area contributed by atoms with Crippen molar-refractivity contribution in [1.29, 1.82) is 0 Å². The average molecular weight is 428 g/mol. The van der Waals surface area contributed by atoms with Crippen molar-refractivity contribution >= 4 is 21.7 Å². The Morgan fingerprint density at radius 2 is 1.79 bits per heavy atom. The van der Waals surface area contributed by atoms with E-state index >= 15 is 0 Å². The Kier molecular flexibility index (Phi) is 5.54. The number of hydrogen-bond acceptors (Lipinski definition) is 5. The predicted molar refractivity (Wildman–Crippen MR) is 100 cm³/mol. The van der Waals surface area contributed by atoms with Gasteiger partial charge in [-0.25, -0.2) is 17.7 Å². The summed E-state index contributed by atoms with van der Waals surface area (Å²) in [6.07, 6.45) is -3.34. The molecule has 1 fully saturated rings. The van der Waals surface area contributed by atoms with Gasteiger partial charge in [-0.15, -0.1) is 0 Å². The standard InChI is InChI=1S/C18H19F3N4O3S/c1-24(2)29(27,28)15-5-3-12(4-6-15)17(26)23-14-10-25(11-14)16-9-13(7-8-22-16)18(19,20)21/h3-9,14H,10-11H2,1-2H3,(H,23,26). The number of nitrogens with zero attached hydrogens (tertiary/aromatic N) is 3. The number of hydrogen-bond donors (Lipinski definition) is 1. The molecular weight excluding hydrogens is 409 g/mol. The minimum absolute atomic E-state index is 0.0736. The Morgan fingerprint density at radius 1 is 1.17 bits per heavy atom. The fraction of sp³-hybridized carbons (Fsp3) is 0.333. The van der Waals surface area contributed by atoms with Gasteiger partial charge in [0.15, 0.2) is 0 Å². The summed E-state index contributed by atoms with van der Waals surface area (Å²) >= 11 is 0. The van der Waals surface area contributed by atoms with Crippen LogP contribution in [0.4, 0.5) is 19.0 Å². The minimum Gasteiger partial charge on any atom is -0.352 e. The lowest BCUT2D eigenvalue weighted by Gasteiger charge is -2.40. The highest BCUT2D eigenvalue weighted by molar-refractivity contribution is 7.89. The summed E-state index contributed by atoms with van der Waals surface area (Å²) in [5.41, 5.74) is -0.485. The largest absolute Gasteiger partial charge is 0.416 e. The van der Waals surface area contributed by atoms with Crippen molar-refractivity contribution in [3.8, 4) is 0 Å². The molecule has 0 bridgehead atoms. The van der Waals surface area contributed by atoms with Crippen molar-refractivity contribution in [2.75, 3.05) is 32.1 Å². The van der Waals surface area contributed by atoms with E-state index in [1.807, 2.05) is 0 Å². The van der Waals surface area contributed by atoms with Gasteiger partial charge in [-0.1, -0.05) is 0 Å². The molecule has 2 heterocycles. The smallest absolute Gasteiger partial charge is 0.352 e. The Balaban J connectivity index is 1.59. The van der Waals surface area contributed by atoms with Crippen LogP contribution >= 0.6 is 0 Å². The summed E-state index contributed by atoms with van der Waals surface area (Å²) in [6.45, 7) is 0.653. The normalized spacial score (nSPS) is 15.3. The van der Waals surface area contributed by atoms with Crippen LogP contribution in [0.1, 0.15) is 15.9 Å². The summed E-state index contributed by atoms with van der Waals surface area (Å²) in [6, 6.07) is 7.16. The highest BCUT2D eigenvalue weighted by Crippen LogP contribution is 2.31. The summed E-state index contributed by atoms with van der Waals surface area (Å²) < 4.78 is 63.5. The molecule has 1 amide bonds. The zero-order chi connectivity index (χ0) is 21.4. The van der Waals surface area contributed by atoms with Crippen molar-refractivity contribution in [3.63, 3.8) is 0 Å². The van der Waals surface area contributed by atoms with Gasteiger partial charge in [0, 0.05) is 38.9 Å². The van der Waals surface area contributed by atoms with Crippen LogP contribution in [0, 0.1) is 0 Å². The second-order valence-electron chi connectivity index (χ2n) is 6.79. The molecule has 0 radical (unpaired) electrons. The van der Waals surface area contributed by atoms with E-state index in [1.165, 1.54) is 38.4 Å². The van der Waals surface area contributed by atoms with Crippen LogP contribution in [-0.4, -0.2) is 56.8 Å². The molecule has 156 valence electrons. The maximum absolute atomic E-state index is 12.8. The number of carbonyl (C=O) groups excluding carboxylic acids is 1. The maximum atomic E-state index is 12.8. The monoisotopic (exact) mass is 428 g/mol. The third-order valence-corrected chi connectivity index (χ3v) is 6.34. The number of carbonyl (C=O) groups is 1. The molecule has 0 atom stereocenters. The number of amides is 1. The fourth-order valence-corrected chi connectivity index (χ4v) is 3.68. The van der Waals surface area contributed by atoms with Gasteiger partial charge >= 0.3 is 6.18 Å². The van der Waals surface area contributed by atoms with Gasteiger partial charge in [0.2, 0.25) is 10.0 Å². The zero-order valence-electron chi connectivity index (χ0n) is 15.6. The molecule has 0 spiro atoms. The van der Waals surface area contributed by atoms with E-state index in [4.69, 9.17) is 0 Å². The molecule has 1 aliphatic heterocycles. The SMILES string of the molecule is CN(C)S(=O)(=O)c1ccc(C(=O)NC2CN(c3cc(C(F)(F)F)ccn3)C2)cc1. The van der Waals surface area contributed by atoms with Crippen molar-refractivity contribution < 1.29 is 26.4 Å². The molecule has 0 saturated carbocycles. The molecule has 29 heavy (non-hydrogen) atoms. The number of pyridine rings is 1. The van der Waals surface area contributed by atoms with Gasteiger partial charge in [0.1, 0.15) is 5.82 Å². The molecule has 2 aromatic rings. The quantitative estimate of drug-likeness (QED) is 0.788. The lowest BCUT2D eigenvalue weighted by Crippen LogP contribution is -2.59. The molecule has 1 aliphatic rings. The van der Waals surface area contributed by atoms with E-state index in [0.717, 1.165) is 22.6 Å². The number of rotatable bonds is 5. The fourth-order valence-electron chi connectivity index (χ4n) is 2.78. The minimum atomic E-state index is -4.44. The molecule has 7 nitrogen and oxygen atoms in total. The number of sulfonamides is 1. The van der Waals surface area contributed by atoms with Gasteiger partial charge in [-0.05, 0) is 36.4 Å². The van der Waals surface area contributed by atoms with Crippen LogP contribution in [0.2, 0.25) is 0 Å². The Bertz CT molecular complexity index is 1000. The van der Waals surface area contributed by atoms with E-state index < -0.39 is 21.8 Å². The molecular formula is C18H19F3N4O3S. The van der Waals surface area contributed by atoms with Gasteiger partial charge in [0.05, 0.1) is 16.5 Å². The summed E-state index contributed by atoms with van der Waals surface area (Å²) in [7, 11) is -0.751. The van der Waals surface area contributed by atoms with Crippen LogP contribution in [0.3, 0.4) is 0 Å². The van der Waals surface area contributed by atoms with Crippen molar-refractivity contribution in [2.45, 2.75) is 17.1 Å². The first-order valence-electron chi connectivity index (χ1n) is 8.60. The van der Waals surface area contributed by atoms with Gasteiger partial charge in [0.25, 0.3) is 5.91 Å². The number of nitrogens with one attached hydrogen (secondary N) is 1. The van der Waals surface area contributed by atoms with Crippen molar-refractivity contribution in [1.82, 2.24) is 14.6 Å². The van der Waals surface area contributed by atoms with Gasteiger partial charge in [-0.2, -0.15) is 13.2 Å². The first-order valence-corrected chi connectivity index (χ1v) is 10.0. The Labute approximate surface area is 166 Å². The number of benzene rings is 1. The molecule has 0 aliphatic carbocycles.